The molecule has 1 atom stereocenters. The first kappa shape index (κ1) is 18.7. The molecule has 0 aromatic heterocycles. The smallest absolute Gasteiger partial charge is 0.326 e. The second-order valence-corrected chi connectivity index (χ2v) is 4.71. The van der Waals surface area contributed by atoms with Crippen molar-refractivity contribution in [2.75, 3.05) is 32.7 Å². The molecule has 2 amide bonds. The van der Waals surface area contributed by atoms with Crippen molar-refractivity contribution in [1.82, 2.24) is 15.1 Å². The molecular weight excluding hydrogens is 258 g/mol. The number of amides is 2. The highest BCUT2D eigenvalue weighted by Crippen LogP contribution is 1.99. The molecule has 0 radical (unpaired) electrons. The van der Waals surface area contributed by atoms with Crippen LogP contribution in [0.5, 0.6) is 0 Å². The van der Waals surface area contributed by atoms with Crippen molar-refractivity contribution in [2.45, 2.75) is 46.6 Å². The number of hydrogen-bond donors (Lipinski definition) is 2. The van der Waals surface area contributed by atoms with Gasteiger partial charge in [-0.1, -0.05) is 20.8 Å². The molecule has 0 saturated carbocycles. The van der Waals surface area contributed by atoms with E-state index >= 15 is 0 Å². The van der Waals surface area contributed by atoms with E-state index in [1.54, 1.807) is 11.8 Å². The highest BCUT2D eigenvalue weighted by molar-refractivity contribution is 5.82. The number of carboxylic acid groups (broad SMARTS) is 1. The Morgan fingerprint density at radius 1 is 1.05 bits per heavy atom. The van der Waals surface area contributed by atoms with E-state index in [4.69, 9.17) is 5.11 Å². The van der Waals surface area contributed by atoms with Gasteiger partial charge in [0.15, 0.2) is 0 Å². The number of nitrogens with zero attached hydrogens (tertiary/aromatic N) is 2. The average molecular weight is 287 g/mol. The monoisotopic (exact) mass is 287 g/mol. The van der Waals surface area contributed by atoms with Gasteiger partial charge in [0.25, 0.3) is 0 Å². The van der Waals surface area contributed by atoms with Crippen molar-refractivity contribution in [1.29, 1.82) is 0 Å². The minimum absolute atomic E-state index is 0.290. The van der Waals surface area contributed by atoms with Crippen LogP contribution in [0.15, 0.2) is 0 Å². The molecule has 0 aliphatic carbocycles. The van der Waals surface area contributed by atoms with Gasteiger partial charge in [0.05, 0.1) is 0 Å². The standard InChI is InChI=1S/C14H29N3O3/c1-5-12(13(18)19)15-14(20)17(8-4)11-9-10-16(6-2)7-3/h12H,5-11H2,1-4H3,(H,15,20)(H,18,19). The van der Waals surface area contributed by atoms with E-state index in [1.807, 2.05) is 6.92 Å². The summed E-state index contributed by atoms with van der Waals surface area (Å²) in [6.45, 7) is 12.1. The van der Waals surface area contributed by atoms with Gasteiger partial charge in [-0.05, 0) is 39.4 Å². The average Bonchev–Trinajstić information content (AvgIpc) is 2.44. The highest BCUT2D eigenvalue weighted by atomic mass is 16.4. The molecule has 118 valence electrons. The van der Waals surface area contributed by atoms with E-state index in [0.717, 1.165) is 26.1 Å². The maximum absolute atomic E-state index is 12.0. The Bertz CT molecular complexity index is 293. The summed E-state index contributed by atoms with van der Waals surface area (Å²) >= 11 is 0. The van der Waals surface area contributed by atoms with Crippen LogP contribution in [0.1, 0.15) is 40.5 Å². The van der Waals surface area contributed by atoms with Crippen molar-refractivity contribution in [3.63, 3.8) is 0 Å². The van der Waals surface area contributed by atoms with E-state index < -0.39 is 12.0 Å². The summed E-state index contributed by atoms with van der Waals surface area (Å²) in [5.41, 5.74) is 0. The first-order valence-electron chi connectivity index (χ1n) is 7.50. The lowest BCUT2D eigenvalue weighted by atomic mass is 10.2. The van der Waals surface area contributed by atoms with E-state index in [1.165, 1.54) is 0 Å². The van der Waals surface area contributed by atoms with Crippen LogP contribution in [0.2, 0.25) is 0 Å². The van der Waals surface area contributed by atoms with Crippen LogP contribution in [-0.2, 0) is 4.79 Å². The Balaban J connectivity index is 4.24. The summed E-state index contributed by atoms with van der Waals surface area (Å²) in [4.78, 5) is 26.9. The molecule has 0 bridgehead atoms. The van der Waals surface area contributed by atoms with Crippen molar-refractivity contribution in [3.05, 3.63) is 0 Å². The Morgan fingerprint density at radius 2 is 1.65 bits per heavy atom. The molecule has 0 heterocycles. The van der Waals surface area contributed by atoms with Crippen molar-refractivity contribution >= 4 is 12.0 Å². The molecule has 0 aromatic rings. The minimum atomic E-state index is -0.986. The van der Waals surface area contributed by atoms with E-state index in [9.17, 15) is 9.59 Å². The Hall–Kier alpha value is -1.30. The molecular formula is C14H29N3O3. The molecule has 0 saturated heterocycles. The summed E-state index contributed by atoms with van der Waals surface area (Å²) in [7, 11) is 0. The van der Waals surface area contributed by atoms with Crippen molar-refractivity contribution in [3.8, 4) is 0 Å². The summed E-state index contributed by atoms with van der Waals surface area (Å²) in [5, 5.41) is 11.5. The zero-order chi connectivity index (χ0) is 15.5. The van der Waals surface area contributed by atoms with Crippen molar-refractivity contribution in [2.24, 2.45) is 0 Å². The molecule has 6 nitrogen and oxygen atoms in total. The molecule has 0 aliphatic rings. The predicted molar refractivity (Wildman–Crippen MR) is 79.9 cm³/mol. The van der Waals surface area contributed by atoms with Gasteiger partial charge >= 0.3 is 12.0 Å². The van der Waals surface area contributed by atoms with Crippen LogP contribution >= 0.6 is 0 Å². The molecule has 0 spiro atoms. The van der Waals surface area contributed by atoms with Crippen LogP contribution in [0, 0.1) is 0 Å². The fraction of sp³-hybridized carbons (Fsp3) is 0.857. The SMILES string of the molecule is CCC(NC(=O)N(CC)CCCN(CC)CC)C(=O)O. The fourth-order valence-corrected chi connectivity index (χ4v) is 2.01. The zero-order valence-corrected chi connectivity index (χ0v) is 13.2. The molecule has 2 N–H and O–H groups in total. The third-order valence-corrected chi connectivity index (χ3v) is 3.47. The first-order chi connectivity index (χ1) is 9.49. The van der Waals surface area contributed by atoms with Crippen LogP contribution in [-0.4, -0.2) is 65.7 Å². The van der Waals surface area contributed by atoms with Crippen LogP contribution in [0.3, 0.4) is 0 Å². The number of aliphatic carboxylic acids is 1. The van der Waals surface area contributed by atoms with Gasteiger partial charge < -0.3 is 20.2 Å². The number of carboxylic acids is 1. The Kier molecular flexibility index (Phi) is 9.80. The van der Waals surface area contributed by atoms with Crippen LogP contribution in [0.4, 0.5) is 4.79 Å². The van der Waals surface area contributed by atoms with Gasteiger partial charge in [0.2, 0.25) is 0 Å². The van der Waals surface area contributed by atoms with Gasteiger partial charge in [-0.15, -0.1) is 0 Å². The van der Waals surface area contributed by atoms with Gasteiger partial charge in [0, 0.05) is 13.1 Å². The van der Waals surface area contributed by atoms with Gasteiger partial charge in [-0.3, -0.25) is 0 Å². The van der Waals surface area contributed by atoms with Gasteiger partial charge in [-0.2, -0.15) is 0 Å². The van der Waals surface area contributed by atoms with E-state index in [2.05, 4.69) is 24.1 Å². The molecule has 0 aliphatic heterocycles. The number of carbonyl (C=O) groups excluding carboxylic acids is 1. The lowest BCUT2D eigenvalue weighted by molar-refractivity contribution is -0.139. The molecule has 1 unspecified atom stereocenters. The Morgan fingerprint density at radius 3 is 2.05 bits per heavy atom. The maximum Gasteiger partial charge on any atom is 0.326 e. The molecule has 0 fully saturated rings. The van der Waals surface area contributed by atoms with E-state index in [0.29, 0.717) is 19.5 Å². The third kappa shape index (κ3) is 6.75. The Labute approximate surface area is 122 Å². The molecule has 20 heavy (non-hydrogen) atoms. The second kappa shape index (κ2) is 10.5. The molecule has 0 rings (SSSR count). The third-order valence-electron chi connectivity index (χ3n) is 3.47. The summed E-state index contributed by atoms with van der Waals surface area (Å²) in [6.07, 6.45) is 1.28. The first-order valence-corrected chi connectivity index (χ1v) is 7.50. The number of nitrogens with one attached hydrogen (secondary N) is 1. The zero-order valence-electron chi connectivity index (χ0n) is 13.2. The minimum Gasteiger partial charge on any atom is -0.480 e. The number of rotatable bonds is 10. The lowest BCUT2D eigenvalue weighted by Gasteiger charge is -2.25. The van der Waals surface area contributed by atoms with Crippen LogP contribution < -0.4 is 5.32 Å². The van der Waals surface area contributed by atoms with Gasteiger partial charge in [-0.25, -0.2) is 9.59 Å². The largest absolute Gasteiger partial charge is 0.480 e. The number of carbonyl (C=O) groups is 2. The normalized spacial score (nSPS) is 12.2. The summed E-state index contributed by atoms with van der Waals surface area (Å²) < 4.78 is 0. The van der Waals surface area contributed by atoms with Gasteiger partial charge in [0.1, 0.15) is 6.04 Å². The summed E-state index contributed by atoms with van der Waals surface area (Å²) in [6, 6.07) is -1.10. The fourth-order valence-electron chi connectivity index (χ4n) is 2.01. The predicted octanol–water partition coefficient (Wildman–Crippen LogP) is 1.61. The lowest BCUT2D eigenvalue weighted by Crippen LogP contribution is -2.48. The van der Waals surface area contributed by atoms with Crippen molar-refractivity contribution < 1.29 is 14.7 Å². The quantitative estimate of drug-likeness (QED) is 0.640. The topological polar surface area (TPSA) is 72.9 Å². The second-order valence-electron chi connectivity index (χ2n) is 4.71. The summed E-state index contributed by atoms with van der Waals surface area (Å²) in [5.74, 6) is -0.986. The highest BCUT2D eigenvalue weighted by Gasteiger charge is 2.20. The van der Waals surface area contributed by atoms with Crippen LogP contribution in [0.25, 0.3) is 0 Å². The molecule has 0 aromatic carbocycles. The number of urea groups is 1. The maximum atomic E-state index is 12.0. The number of hydrogen-bond acceptors (Lipinski definition) is 3. The van der Waals surface area contributed by atoms with E-state index in [-0.39, 0.29) is 6.03 Å². The molecule has 6 heteroatoms.